The number of anilines is 2. The molecule has 172 valence electrons. The molecule has 0 bridgehead atoms. The van der Waals surface area contributed by atoms with Crippen LogP contribution in [0, 0.1) is 6.92 Å². The number of nitrogens with one attached hydrogen (secondary N) is 2. The van der Waals surface area contributed by atoms with E-state index >= 15 is 0 Å². The lowest BCUT2D eigenvalue weighted by atomic mass is 10.2. The first-order chi connectivity index (χ1) is 15.8. The third-order valence-corrected chi connectivity index (χ3v) is 6.48. The number of allylic oxidation sites excluding steroid dienone is 1. The normalized spacial score (nSPS) is 10.7. The molecule has 0 saturated carbocycles. The Morgan fingerprint density at radius 3 is 2.61 bits per heavy atom. The molecule has 3 aromatic rings. The number of aromatic nitrogens is 3. The average molecular weight is 525 g/mol. The van der Waals surface area contributed by atoms with Gasteiger partial charge < -0.3 is 15.2 Å². The molecule has 0 spiro atoms. The summed E-state index contributed by atoms with van der Waals surface area (Å²) in [7, 11) is 0. The quantitative estimate of drug-likeness (QED) is 0.279. The van der Waals surface area contributed by atoms with Crippen LogP contribution in [-0.4, -0.2) is 32.3 Å². The molecule has 7 nitrogen and oxygen atoms in total. The second-order valence-electron chi connectivity index (χ2n) is 6.92. The molecule has 0 unspecified atom stereocenters. The molecule has 0 aliphatic carbocycles. The van der Waals surface area contributed by atoms with Crippen LogP contribution in [0.1, 0.15) is 11.4 Å². The van der Waals surface area contributed by atoms with Crippen molar-refractivity contribution in [2.24, 2.45) is 0 Å². The number of aryl methyl sites for hydroxylation is 1. The van der Waals surface area contributed by atoms with Crippen molar-refractivity contribution in [2.45, 2.75) is 25.0 Å². The lowest BCUT2D eigenvalue weighted by Gasteiger charge is -2.10. The van der Waals surface area contributed by atoms with E-state index in [1.165, 1.54) is 11.8 Å². The summed E-state index contributed by atoms with van der Waals surface area (Å²) < 4.78 is 1.73. The Hall–Kier alpha value is -2.52. The number of halogens is 3. The maximum Gasteiger partial charge on any atom is 0.234 e. The fourth-order valence-electron chi connectivity index (χ4n) is 2.85. The van der Waals surface area contributed by atoms with Crippen LogP contribution in [0.2, 0.25) is 15.1 Å². The van der Waals surface area contributed by atoms with Crippen molar-refractivity contribution in [3.05, 3.63) is 75.5 Å². The number of hydrogen-bond acceptors (Lipinski definition) is 5. The first-order valence-corrected chi connectivity index (χ1v) is 11.9. The summed E-state index contributed by atoms with van der Waals surface area (Å²) >= 11 is 19.3. The summed E-state index contributed by atoms with van der Waals surface area (Å²) in [5.41, 5.74) is 1.96. The smallest absolute Gasteiger partial charge is 0.234 e. The Kier molecular flexibility index (Phi) is 8.80. The van der Waals surface area contributed by atoms with Gasteiger partial charge in [-0.3, -0.25) is 9.59 Å². The van der Waals surface area contributed by atoms with Gasteiger partial charge >= 0.3 is 0 Å². The minimum Gasteiger partial charge on any atom is -0.325 e. The Morgan fingerprint density at radius 2 is 1.85 bits per heavy atom. The number of thioether (sulfide) groups is 1. The summed E-state index contributed by atoms with van der Waals surface area (Å²) in [6, 6.07) is 10.3. The number of carbonyl (C=O) groups excluding carboxylic acids is 2. The molecule has 0 atom stereocenters. The summed E-state index contributed by atoms with van der Waals surface area (Å²) in [5.74, 6) is -0.0129. The Bertz CT molecular complexity index is 1200. The number of amides is 2. The molecule has 2 amide bonds. The van der Waals surface area contributed by atoms with Crippen molar-refractivity contribution < 1.29 is 9.59 Å². The van der Waals surface area contributed by atoms with Gasteiger partial charge in [-0.25, -0.2) is 0 Å². The van der Waals surface area contributed by atoms with Crippen LogP contribution >= 0.6 is 46.6 Å². The second kappa shape index (κ2) is 11.6. The lowest BCUT2D eigenvalue weighted by Crippen LogP contribution is -2.18. The number of rotatable bonds is 9. The molecule has 33 heavy (non-hydrogen) atoms. The Morgan fingerprint density at radius 1 is 1.09 bits per heavy atom. The van der Waals surface area contributed by atoms with Crippen LogP contribution in [0.3, 0.4) is 0 Å². The highest BCUT2D eigenvalue weighted by atomic mass is 35.5. The summed E-state index contributed by atoms with van der Waals surface area (Å²) in [5, 5.41) is 15.5. The fraction of sp³-hybridized carbons (Fsp3) is 0.182. The fourth-order valence-corrected chi connectivity index (χ4v) is 4.14. The van der Waals surface area contributed by atoms with E-state index in [1.807, 2.05) is 13.0 Å². The Balaban J connectivity index is 1.65. The van der Waals surface area contributed by atoms with Gasteiger partial charge in [-0.1, -0.05) is 64.8 Å². The van der Waals surface area contributed by atoms with Gasteiger partial charge in [0.05, 0.1) is 27.9 Å². The topological polar surface area (TPSA) is 88.9 Å². The zero-order valence-corrected chi connectivity index (χ0v) is 20.7. The first kappa shape index (κ1) is 25.1. The van der Waals surface area contributed by atoms with Gasteiger partial charge in [0.15, 0.2) is 5.16 Å². The zero-order valence-electron chi connectivity index (χ0n) is 17.6. The molecule has 2 aromatic carbocycles. The minimum atomic E-state index is -0.331. The van der Waals surface area contributed by atoms with E-state index < -0.39 is 0 Å². The van der Waals surface area contributed by atoms with Gasteiger partial charge in [0.2, 0.25) is 11.8 Å². The number of benzene rings is 2. The lowest BCUT2D eigenvalue weighted by molar-refractivity contribution is -0.116. The van der Waals surface area contributed by atoms with E-state index in [2.05, 4.69) is 27.4 Å². The molecule has 1 aromatic heterocycles. The average Bonchev–Trinajstić information content (AvgIpc) is 3.14. The highest BCUT2D eigenvalue weighted by molar-refractivity contribution is 7.99. The van der Waals surface area contributed by atoms with Crippen LogP contribution in [0.25, 0.3) is 0 Å². The van der Waals surface area contributed by atoms with Gasteiger partial charge in [0.1, 0.15) is 5.82 Å². The molecular formula is C22H20Cl3N5O2S. The van der Waals surface area contributed by atoms with Gasteiger partial charge in [-0.2, -0.15) is 0 Å². The highest BCUT2D eigenvalue weighted by Crippen LogP contribution is 2.29. The standard InChI is InChI=1S/C22H20Cl3N5O2S/c1-3-9-30-18(11-19(31)26-16-6-4-5-15(24)21(16)25)28-29-22(30)33-12-20(32)27-17-10-14(23)8-7-13(17)2/h3-8,10H,1,9,11-12H2,2H3,(H,26,31)(H,27,32). The zero-order chi connectivity index (χ0) is 24.0. The van der Waals surface area contributed by atoms with Gasteiger partial charge in [0, 0.05) is 17.3 Å². The van der Waals surface area contributed by atoms with E-state index in [-0.39, 0.29) is 29.0 Å². The molecule has 0 aliphatic rings. The van der Waals surface area contributed by atoms with Crippen LogP contribution in [0.5, 0.6) is 0 Å². The van der Waals surface area contributed by atoms with Crippen LogP contribution in [0.15, 0.2) is 54.2 Å². The van der Waals surface area contributed by atoms with Crippen molar-refractivity contribution in [3.63, 3.8) is 0 Å². The predicted molar refractivity (Wildman–Crippen MR) is 135 cm³/mol. The largest absolute Gasteiger partial charge is 0.325 e. The van der Waals surface area contributed by atoms with Crippen LogP contribution in [0.4, 0.5) is 11.4 Å². The summed E-state index contributed by atoms with van der Waals surface area (Å²) in [6.45, 7) is 6.01. The molecule has 11 heteroatoms. The number of hydrogen-bond donors (Lipinski definition) is 2. The number of carbonyl (C=O) groups is 2. The van der Waals surface area contributed by atoms with Crippen molar-refractivity contribution in [3.8, 4) is 0 Å². The van der Waals surface area contributed by atoms with E-state index in [1.54, 1.807) is 41.0 Å². The monoisotopic (exact) mass is 523 g/mol. The predicted octanol–water partition coefficient (Wildman–Crippen LogP) is 5.64. The maximum absolute atomic E-state index is 12.5. The molecule has 0 fully saturated rings. The van der Waals surface area contributed by atoms with Crippen LogP contribution < -0.4 is 10.6 Å². The van der Waals surface area contributed by atoms with Gasteiger partial charge in [-0.05, 0) is 36.8 Å². The van der Waals surface area contributed by atoms with E-state index in [4.69, 9.17) is 34.8 Å². The van der Waals surface area contributed by atoms with Crippen molar-refractivity contribution in [1.82, 2.24) is 14.8 Å². The molecular weight excluding hydrogens is 505 g/mol. The van der Waals surface area contributed by atoms with Crippen molar-refractivity contribution in [2.75, 3.05) is 16.4 Å². The highest BCUT2D eigenvalue weighted by Gasteiger charge is 2.17. The third-order valence-electron chi connectivity index (χ3n) is 4.46. The first-order valence-electron chi connectivity index (χ1n) is 9.74. The Labute approximate surface area is 210 Å². The van der Waals surface area contributed by atoms with Crippen molar-refractivity contribution in [1.29, 1.82) is 0 Å². The summed E-state index contributed by atoms with van der Waals surface area (Å²) in [4.78, 5) is 25.0. The molecule has 1 heterocycles. The molecule has 0 radical (unpaired) electrons. The van der Waals surface area contributed by atoms with Gasteiger partial charge in [0.25, 0.3) is 0 Å². The minimum absolute atomic E-state index is 0.0435. The second-order valence-corrected chi connectivity index (χ2v) is 9.08. The van der Waals surface area contributed by atoms with Gasteiger partial charge in [-0.15, -0.1) is 16.8 Å². The SMILES string of the molecule is C=CCn1c(CC(=O)Nc2cccc(Cl)c2Cl)nnc1SCC(=O)Nc1cc(Cl)ccc1C. The van der Waals surface area contributed by atoms with E-state index in [0.29, 0.717) is 38.9 Å². The number of nitrogens with zero attached hydrogens (tertiary/aromatic N) is 3. The van der Waals surface area contributed by atoms with E-state index in [9.17, 15) is 9.59 Å². The molecule has 2 N–H and O–H groups in total. The van der Waals surface area contributed by atoms with Crippen molar-refractivity contribution >= 4 is 69.8 Å². The summed E-state index contributed by atoms with van der Waals surface area (Å²) in [6.07, 6.45) is 1.62. The molecule has 0 aliphatic heterocycles. The molecule has 0 saturated heterocycles. The third kappa shape index (κ3) is 6.74. The van der Waals surface area contributed by atoms with Crippen LogP contribution in [-0.2, 0) is 22.6 Å². The van der Waals surface area contributed by atoms with E-state index in [0.717, 1.165) is 5.56 Å². The maximum atomic E-state index is 12.5. The molecule has 3 rings (SSSR count).